The highest BCUT2D eigenvalue weighted by molar-refractivity contribution is 5.89. The van der Waals surface area contributed by atoms with E-state index < -0.39 is 5.97 Å². The van der Waals surface area contributed by atoms with Gasteiger partial charge in [0.1, 0.15) is 12.4 Å². The SMILES string of the molecule is CCCCC(CC)COCCOCCOC(=O)c1ccc(O)cc1. The molecule has 0 amide bonds. The number of hydrogen-bond acceptors (Lipinski definition) is 5. The van der Waals surface area contributed by atoms with E-state index in [0.29, 0.717) is 31.3 Å². The van der Waals surface area contributed by atoms with Crippen LogP contribution in [-0.4, -0.2) is 44.1 Å². The molecule has 0 aromatic heterocycles. The van der Waals surface area contributed by atoms with E-state index in [1.807, 2.05) is 0 Å². The summed E-state index contributed by atoms with van der Waals surface area (Å²) in [4.78, 5) is 11.7. The predicted molar refractivity (Wildman–Crippen MR) is 93.3 cm³/mol. The van der Waals surface area contributed by atoms with Gasteiger partial charge in [0.15, 0.2) is 0 Å². The van der Waals surface area contributed by atoms with Crippen molar-refractivity contribution in [2.75, 3.05) is 33.0 Å². The van der Waals surface area contributed by atoms with Gasteiger partial charge in [-0.15, -0.1) is 0 Å². The first kappa shape index (κ1) is 20.5. The molecule has 1 unspecified atom stereocenters. The molecule has 24 heavy (non-hydrogen) atoms. The van der Waals surface area contributed by atoms with Crippen molar-refractivity contribution in [1.82, 2.24) is 0 Å². The molecule has 1 atom stereocenters. The Morgan fingerprint density at radius 1 is 1.04 bits per heavy atom. The standard InChI is InChI=1S/C19H30O5/c1-3-5-6-16(4-2)15-23-12-11-22-13-14-24-19(21)17-7-9-18(20)10-8-17/h7-10,16,20H,3-6,11-15H2,1-2H3. The molecule has 0 aliphatic heterocycles. The number of unbranched alkanes of at least 4 members (excludes halogenated alkanes) is 1. The molecule has 1 aromatic rings. The summed E-state index contributed by atoms with van der Waals surface area (Å²) in [6.45, 7) is 6.80. The molecule has 0 aliphatic rings. The van der Waals surface area contributed by atoms with E-state index in [1.54, 1.807) is 0 Å². The zero-order chi connectivity index (χ0) is 17.6. The third-order valence-electron chi connectivity index (χ3n) is 3.83. The topological polar surface area (TPSA) is 65.0 Å². The second-order valence-electron chi connectivity index (χ2n) is 5.79. The van der Waals surface area contributed by atoms with Crippen molar-refractivity contribution < 1.29 is 24.1 Å². The molecule has 0 spiro atoms. The molecule has 0 saturated carbocycles. The Kier molecular flexibility index (Phi) is 10.9. The van der Waals surface area contributed by atoms with Gasteiger partial charge < -0.3 is 19.3 Å². The maximum absolute atomic E-state index is 11.7. The van der Waals surface area contributed by atoms with Crippen LogP contribution in [0, 0.1) is 5.92 Å². The molecular weight excluding hydrogens is 308 g/mol. The first-order valence-corrected chi connectivity index (χ1v) is 8.79. The number of benzene rings is 1. The number of carbonyl (C=O) groups is 1. The van der Waals surface area contributed by atoms with Gasteiger partial charge in [0.25, 0.3) is 0 Å². The molecule has 136 valence electrons. The van der Waals surface area contributed by atoms with Gasteiger partial charge in [-0.05, 0) is 36.6 Å². The zero-order valence-corrected chi connectivity index (χ0v) is 14.8. The minimum absolute atomic E-state index is 0.120. The van der Waals surface area contributed by atoms with Crippen molar-refractivity contribution in [3.05, 3.63) is 29.8 Å². The van der Waals surface area contributed by atoms with Crippen molar-refractivity contribution in [3.8, 4) is 5.75 Å². The van der Waals surface area contributed by atoms with Gasteiger partial charge >= 0.3 is 5.97 Å². The smallest absolute Gasteiger partial charge is 0.338 e. The maximum atomic E-state index is 11.7. The van der Waals surface area contributed by atoms with Crippen LogP contribution >= 0.6 is 0 Å². The van der Waals surface area contributed by atoms with E-state index in [-0.39, 0.29) is 12.4 Å². The van der Waals surface area contributed by atoms with E-state index in [0.717, 1.165) is 13.0 Å². The Morgan fingerprint density at radius 2 is 1.71 bits per heavy atom. The summed E-state index contributed by atoms with van der Waals surface area (Å²) < 4.78 is 16.1. The number of esters is 1. The summed E-state index contributed by atoms with van der Waals surface area (Å²) in [6, 6.07) is 5.95. The van der Waals surface area contributed by atoms with Gasteiger partial charge in [-0.3, -0.25) is 0 Å². The number of phenols is 1. The lowest BCUT2D eigenvalue weighted by Gasteiger charge is -2.14. The van der Waals surface area contributed by atoms with Crippen LogP contribution in [0.4, 0.5) is 0 Å². The molecule has 0 bridgehead atoms. The highest BCUT2D eigenvalue weighted by Gasteiger charge is 2.07. The Balaban J connectivity index is 2.00. The average Bonchev–Trinajstić information content (AvgIpc) is 2.60. The number of hydrogen-bond donors (Lipinski definition) is 1. The van der Waals surface area contributed by atoms with Crippen LogP contribution in [0.5, 0.6) is 5.75 Å². The van der Waals surface area contributed by atoms with Gasteiger partial charge in [-0.25, -0.2) is 4.79 Å². The summed E-state index contributed by atoms with van der Waals surface area (Å²) in [5.74, 6) is 0.336. The second kappa shape index (κ2) is 12.8. The lowest BCUT2D eigenvalue weighted by atomic mass is 10.0. The van der Waals surface area contributed by atoms with Crippen LogP contribution < -0.4 is 0 Å². The monoisotopic (exact) mass is 338 g/mol. The van der Waals surface area contributed by atoms with Crippen LogP contribution in [0.15, 0.2) is 24.3 Å². The minimum Gasteiger partial charge on any atom is -0.508 e. The zero-order valence-electron chi connectivity index (χ0n) is 14.8. The van der Waals surface area contributed by atoms with Crippen molar-refractivity contribution in [3.63, 3.8) is 0 Å². The van der Waals surface area contributed by atoms with Gasteiger partial charge in [0, 0.05) is 6.61 Å². The Bertz CT molecular complexity index is 444. The lowest BCUT2D eigenvalue weighted by Crippen LogP contribution is -2.15. The third kappa shape index (κ3) is 8.89. The van der Waals surface area contributed by atoms with Crippen LogP contribution in [-0.2, 0) is 14.2 Å². The molecule has 5 heteroatoms. The Hall–Kier alpha value is -1.59. The van der Waals surface area contributed by atoms with Crippen molar-refractivity contribution >= 4 is 5.97 Å². The summed E-state index contributed by atoms with van der Waals surface area (Å²) in [5.41, 5.74) is 0.411. The summed E-state index contributed by atoms with van der Waals surface area (Å²) in [5, 5.41) is 9.16. The van der Waals surface area contributed by atoms with Crippen LogP contribution in [0.1, 0.15) is 49.9 Å². The van der Waals surface area contributed by atoms with Gasteiger partial charge in [0.05, 0.1) is 25.4 Å². The fourth-order valence-corrected chi connectivity index (χ4v) is 2.24. The van der Waals surface area contributed by atoms with E-state index in [1.165, 1.54) is 43.5 Å². The quantitative estimate of drug-likeness (QED) is 0.438. The van der Waals surface area contributed by atoms with E-state index >= 15 is 0 Å². The van der Waals surface area contributed by atoms with Crippen LogP contribution in [0.25, 0.3) is 0 Å². The van der Waals surface area contributed by atoms with Gasteiger partial charge in [-0.1, -0.05) is 33.1 Å². The molecule has 0 aliphatic carbocycles. The molecule has 0 radical (unpaired) electrons. The van der Waals surface area contributed by atoms with E-state index in [9.17, 15) is 4.79 Å². The molecule has 5 nitrogen and oxygen atoms in total. The van der Waals surface area contributed by atoms with Gasteiger partial charge in [0.2, 0.25) is 0 Å². The highest BCUT2D eigenvalue weighted by Crippen LogP contribution is 2.12. The summed E-state index contributed by atoms with van der Waals surface area (Å²) >= 11 is 0. The molecule has 1 aromatic carbocycles. The molecule has 0 saturated heterocycles. The average molecular weight is 338 g/mol. The van der Waals surface area contributed by atoms with Crippen LogP contribution in [0.3, 0.4) is 0 Å². The Morgan fingerprint density at radius 3 is 2.38 bits per heavy atom. The first-order valence-electron chi connectivity index (χ1n) is 8.79. The fraction of sp³-hybridized carbons (Fsp3) is 0.632. The molecule has 1 N–H and O–H groups in total. The fourth-order valence-electron chi connectivity index (χ4n) is 2.24. The first-order chi connectivity index (χ1) is 11.7. The summed E-state index contributed by atoms with van der Waals surface area (Å²) in [6.07, 6.45) is 4.85. The minimum atomic E-state index is -0.420. The van der Waals surface area contributed by atoms with E-state index in [2.05, 4.69) is 13.8 Å². The van der Waals surface area contributed by atoms with Crippen molar-refractivity contribution in [2.24, 2.45) is 5.92 Å². The van der Waals surface area contributed by atoms with Crippen LogP contribution in [0.2, 0.25) is 0 Å². The lowest BCUT2D eigenvalue weighted by molar-refractivity contribution is 0.00802. The number of rotatable bonds is 13. The highest BCUT2D eigenvalue weighted by atomic mass is 16.6. The van der Waals surface area contributed by atoms with Crippen molar-refractivity contribution in [2.45, 2.75) is 39.5 Å². The molecule has 0 heterocycles. The number of ether oxygens (including phenoxy) is 3. The number of carbonyl (C=O) groups excluding carboxylic acids is 1. The van der Waals surface area contributed by atoms with E-state index in [4.69, 9.17) is 19.3 Å². The third-order valence-corrected chi connectivity index (χ3v) is 3.83. The van der Waals surface area contributed by atoms with Gasteiger partial charge in [-0.2, -0.15) is 0 Å². The Labute approximate surface area is 144 Å². The normalized spacial score (nSPS) is 12.1. The number of phenolic OH excluding ortho intramolecular Hbond substituents is 1. The molecule has 0 fully saturated rings. The summed E-state index contributed by atoms with van der Waals surface area (Å²) in [7, 11) is 0. The maximum Gasteiger partial charge on any atom is 0.338 e. The largest absolute Gasteiger partial charge is 0.508 e. The molecular formula is C19H30O5. The predicted octanol–water partition coefficient (Wildman–Crippen LogP) is 3.80. The second-order valence-corrected chi connectivity index (χ2v) is 5.79. The van der Waals surface area contributed by atoms with Crippen molar-refractivity contribution in [1.29, 1.82) is 0 Å². The molecule has 1 rings (SSSR count). The number of aromatic hydroxyl groups is 1.